The van der Waals surface area contributed by atoms with Gasteiger partial charge in [0.05, 0.1) is 16.6 Å². The van der Waals surface area contributed by atoms with Gasteiger partial charge in [-0.2, -0.15) is 0 Å². The van der Waals surface area contributed by atoms with Gasteiger partial charge in [-0.1, -0.05) is 53.6 Å². The molecule has 1 aliphatic rings. The molecule has 0 heterocycles. The van der Waals surface area contributed by atoms with E-state index < -0.39 is 10.0 Å². The number of rotatable bonds is 7. The van der Waals surface area contributed by atoms with Gasteiger partial charge in [-0.3, -0.25) is 9.10 Å². The number of sulfonamides is 1. The molecule has 3 aromatic carbocycles. The predicted molar refractivity (Wildman–Crippen MR) is 142 cm³/mol. The summed E-state index contributed by atoms with van der Waals surface area (Å²) in [7, 11) is -3.99. The van der Waals surface area contributed by atoms with Crippen LogP contribution in [0.15, 0.2) is 65.6 Å². The van der Waals surface area contributed by atoms with Crippen LogP contribution in [0.3, 0.4) is 0 Å². The van der Waals surface area contributed by atoms with E-state index in [1.165, 1.54) is 24.0 Å². The molecule has 1 atom stereocenters. The quantitative estimate of drug-likeness (QED) is 0.429. The molecule has 0 spiro atoms. The van der Waals surface area contributed by atoms with Crippen LogP contribution in [0.2, 0.25) is 5.02 Å². The number of hydrogen-bond donors (Lipinski definition) is 1. The molecule has 4 rings (SSSR count). The molecule has 1 amide bonds. The van der Waals surface area contributed by atoms with Gasteiger partial charge in [0.15, 0.2) is 0 Å². The smallest absolute Gasteiger partial charge is 0.264 e. The van der Waals surface area contributed by atoms with Crippen molar-refractivity contribution in [3.63, 3.8) is 0 Å². The molecule has 0 radical (unpaired) electrons. The van der Waals surface area contributed by atoms with Crippen molar-refractivity contribution in [1.29, 1.82) is 0 Å². The minimum absolute atomic E-state index is 0.121. The third-order valence-electron chi connectivity index (χ3n) is 6.59. The first-order valence-electron chi connectivity index (χ1n) is 11.9. The van der Waals surface area contributed by atoms with E-state index >= 15 is 0 Å². The lowest BCUT2D eigenvalue weighted by molar-refractivity contribution is -0.120. The lowest BCUT2D eigenvalue weighted by Crippen LogP contribution is -2.41. The number of carbonyl (C=O) groups is 1. The van der Waals surface area contributed by atoms with E-state index in [9.17, 15) is 13.2 Å². The minimum Gasteiger partial charge on any atom is -0.348 e. The maximum absolute atomic E-state index is 13.6. The summed E-state index contributed by atoms with van der Waals surface area (Å²) in [4.78, 5) is 13.3. The molecule has 5 nitrogen and oxygen atoms in total. The van der Waals surface area contributed by atoms with Crippen LogP contribution in [0.4, 0.5) is 5.69 Å². The average molecular weight is 511 g/mol. The van der Waals surface area contributed by atoms with E-state index in [2.05, 4.69) is 23.5 Å². The second-order valence-corrected chi connectivity index (χ2v) is 11.6. The van der Waals surface area contributed by atoms with Gasteiger partial charge in [0.25, 0.3) is 10.0 Å². The normalized spacial score (nSPS) is 14.2. The fourth-order valence-corrected chi connectivity index (χ4v) is 6.00. The summed E-state index contributed by atoms with van der Waals surface area (Å²) in [5.41, 5.74) is 5.86. The lowest BCUT2D eigenvalue weighted by atomic mass is 9.89. The minimum atomic E-state index is -3.99. The summed E-state index contributed by atoms with van der Waals surface area (Å²) >= 11 is 6.31. The highest BCUT2D eigenvalue weighted by Gasteiger charge is 2.28. The number of anilines is 1. The van der Waals surface area contributed by atoms with Crippen molar-refractivity contribution in [1.82, 2.24) is 5.32 Å². The molecule has 184 valence electrons. The number of hydrogen-bond acceptors (Lipinski definition) is 3. The van der Waals surface area contributed by atoms with Gasteiger partial charge >= 0.3 is 0 Å². The highest BCUT2D eigenvalue weighted by Crippen LogP contribution is 2.29. The Morgan fingerprint density at radius 1 is 0.971 bits per heavy atom. The van der Waals surface area contributed by atoms with Crippen LogP contribution in [0.25, 0.3) is 0 Å². The highest BCUT2D eigenvalue weighted by molar-refractivity contribution is 7.92. The predicted octanol–water partition coefficient (Wildman–Crippen LogP) is 5.91. The monoisotopic (exact) mass is 510 g/mol. The molecule has 35 heavy (non-hydrogen) atoms. The number of aryl methyl sites for hydroxylation is 4. The Balaban J connectivity index is 1.59. The van der Waals surface area contributed by atoms with Crippen molar-refractivity contribution in [3.05, 3.63) is 93.5 Å². The molecule has 0 saturated heterocycles. The molecule has 0 bridgehead atoms. The van der Waals surface area contributed by atoms with Crippen molar-refractivity contribution in [2.45, 2.75) is 57.4 Å². The van der Waals surface area contributed by atoms with Gasteiger partial charge in [0.1, 0.15) is 6.54 Å². The number of benzene rings is 3. The Hall–Kier alpha value is -2.83. The summed E-state index contributed by atoms with van der Waals surface area (Å²) in [6, 6.07) is 17.7. The number of fused-ring (bicyclic) bond motifs is 1. The first-order chi connectivity index (χ1) is 16.6. The number of carbonyl (C=O) groups excluding carboxylic acids is 1. The van der Waals surface area contributed by atoms with E-state index in [1.807, 2.05) is 20.8 Å². The van der Waals surface area contributed by atoms with Crippen molar-refractivity contribution in [3.8, 4) is 0 Å². The molecule has 3 aromatic rings. The standard InChI is InChI=1S/C28H31ClN2O3S/c1-19-8-14-26(15-9-19)35(33,34)31(25-13-10-20(2)27(29)17-25)18-28(32)30-21(3)23-12-11-22-6-4-5-7-24(22)16-23/h8-17,21H,4-7,18H2,1-3H3,(H,30,32)/t21-/m0/s1. The Kier molecular flexibility index (Phi) is 7.53. The highest BCUT2D eigenvalue weighted by atomic mass is 35.5. The van der Waals surface area contributed by atoms with Crippen LogP contribution in [-0.2, 0) is 27.7 Å². The summed E-state index contributed by atoms with van der Waals surface area (Å²) < 4.78 is 28.3. The van der Waals surface area contributed by atoms with Crippen molar-refractivity contribution >= 4 is 33.2 Å². The molecular formula is C28H31ClN2O3S. The zero-order chi connectivity index (χ0) is 25.2. The Morgan fingerprint density at radius 3 is 2.34 bits per heavy atom. The zero-order valence-electron chi connectivity index (χ0n) is 20.3. The van der Waals surface area contributed by atoms with E-state index in [1.54, 1.807) is 42.5 Å². The summed E-state index contributed by atoms with van der Waals surface area (Å²) in [5.74, 6) is -0.386. The molecule has 7 heteroatoms. The van der Waals surface area contributed by atoms with E-state index in [-0.39, 0.29) is 23.4 Å². The van der Waals surface area contributed by atoms with Crippen LogP contribution in [0, 0.1) is 13.8 Å². The largest absolute Gasteiger partial charge is 0.348 e. The first kappa shape index (κ1) is 25.3. The number of halogens is 1. The fourth-order valence-electron chi connectivity index (χ4n) is 4.41. The van der Waals surface area contributed by atoms with Crippen molar-refractivity contribution < 1.29 is 13.2 Å². The van der Waals surface area contributed by atoms with E-state index in [0.29, 0.717) is 10.7 Å². The Morgan fingerprint density at radius 2 is 1.66 bits per heavy atom. The average Bonchev–Trinajstić information content (AvgIpc) is 2.84. The molecule has 0 unspecified atom stereocenters. The topological polar surface area (TPSA) is 66.5 Å². The van der Waals surface area contributed by atoms with Gasteiger partial charge in [0, 0.05) is 5.02 Å². The van der Waals surface area contributed by atoms with Crippen LogP contribution in [0.1, 0.15) is 53.6 Å². The Bertz CT molecular complexity index is 1340. The van der Waals surface area contributed by atoms with E-state index in [0.717, 1.165) is 33.8 Å². The molecular weight excluding hydrogens is 480 g/mol. The molecule has 0 saturated carbocycles. The van der Waals surface area contributed by atoms with E-state index in [4.69, 9.17) is 11.6 Å². The van der Waals surface area contributed by atoms with Crippen molar-refractivity contribution in [2.24, 2.45) is 0 Å². The van der Waals surface area contributed by atoms with Crippen LogP contribution < -0.4 is 9.62 Å². The number of nitrogens with one attached hydrogen (secondary N) is 1. The van der Waals surface area contributed by atoms with Crippen LogP contribution in [-0.4, -0.2) is 20.9 Å². The fraction of sp³-hybridized carbons (Fsp3) is 0.321. The first-order valence-corrected chi connectivity index (χ1v) is 13.7. The van der Waals surface area contributed by atoms with Gasteiger partial charge < -0.3 is 5.32 Å². The molecule has 0 aromatic heterocycles. The number of amides is 1. The van der Waals surface area contributed by atoms with Gasteiger partial charge in [0.2, 0.25) is 5.91 Å². The van der Waals surface area contributed by atoms with Gasteiger partial charge in [-0.25, -0.2) is 8.42 Å². The maximum Gasteiger partial charge on any atom is 0.264 e. The zero-order valence-corrected chi connectivity index (χ0v) is 21.9. The third-order valence-corrected chi connectivity index (χ3v) is 8.78. The molecule has 0 aliphatic heterocycles. The lowest BCUT2D eigenvalue weighted by Gasteiger charge is -2.26. The summed E-state index contributed by atoms with van der Waals surface area (Å²) in [5, 5.41) is 3.42. The second kappa shape index (κ2) is 10.4. The second-order valence-electron chi connectivity index (χ2n) is 9.28. The number of nitrogens with zero attached hydrogens (tertiary/aromatic N) is 1. The molecule has 1 aliphatic carbocycles. The van der Waals surface area contributed by atoms with Crippen molar-refractivity contribution in [2.75, 3.05) is 10.8 Å². The SMILES string of the molecule is Cc1ccc(S(=O)(=O)N(CC(=O)N[C@@H](C)c2ccc3c(c2)CCCC3)c2ccc(C)c(Cl)c2)cc1. The third kappa shape index (κ3) is 5.71. The molecule has 0 fully saturated rings. The van der Waals surface area contributed by atoms with Gasteiger partial charge in [-0.15, -0.1) is 0 Å². The van der Waals surface area contributed by atoms with Gasteiger partial charge in [-0.05, 0) is 93.0 Å². The summed E-state index contributed by atoms with van der Waals surface area (Å²) in [6.45, 7) is 5.30. The molecule has 1 N–H and O–H groups in total. The van der Waals surface area contributed by atoms with Crippen LogP contribution >= 0.6 is 11.6 Å². The summed E-state index contributed by atoms with van der Waals surface area (Å²) in [6.07, 6.45) is 4.55. The van der Waals surface area contributed by atoms with Crippen LogP contribution in [0.5, 0.6) is 0 Å². The maximum atomic E-state index is 13.6. The Labute approximate surface area is 213 Å².